The molecule has 0 bridgehead atoms. The van der Waals surface area contributed by atoms with Gasteiger partial charge in [-0.05, 0) is 31.5 Å². The Morgan fingerprint density at radius 2 is 2.35 bits per heavy atom. The molecule has 1 aromatic carbocycles. The number of hydrogen-bond donors (Lipinski definition) is 2. The van der Waals surface area contributed by atoms with E-state index in [2.05, 4.69) is 10.3 Å². The topological polar surface area (TPSA) is 59.1 Å². The zero-order valence-electron chi connectivity index (χ0n) is 9.69. The fraction of sp³-hybridized carbons (Fsp3) is 0.417. The van der Waals surface area contributed by atoms with E-state index in [0.29, 0.717) is 0 Å². The molecular formula is C12H15N3O2. The van der Waals surface area contributed by atoms with E-state index in [4.69, 9.17) is 4.74 Å². The number of nitrogens with zero attached hydrogens (tertiary/aromatic N) is 1. The summed E-state index contributed by atoms with van der Waals surface area (Å²) in [6.45, 7) is 0.966. The predicted molar refractivity (Wildman–Crippen MR) is 65.4 cm³/mol. The fourth-order valence-electron chi connectivity index (χ4n) is 2.42. The van der Waals surface area contributed by atoms with Crippen molar-refractivity contribution in [3.63, 3.8) is 0 Å². The summed E-state index contributed by atoms with van der Waals surface area (Å²) in [7, 11) is 1.63. The molecule has 1 saturated heterocycles. The first kappa shape index (κ1) is 10.4. The highest BCUT2D eigenvalue weighted by atomic mass is 16.5. The first-order chi connectivity index (χ1) is 8.29. The molecule has 0 saturated carbocycles. The van der Waals surface area contributed by atoms with E-state index in [-0.39, 0.29) is 11.9 Å². The van der Waals surface area contributed by atoms with E-state index in [1.165, 1.54) is 0 Å². The van der Waals surface area contributed by atoms with Gasteiger partial charge in [-0.3, -0.25) is 9.88 Å². The van der Waals surface area contributed by atoms with Crippen LogP contribution in [0.25, 0.3) is 11.0 Å². The Labute approximate surface area is 98.4 Å². The normalized spacial score (nSPS) is 19.9. The second kappa shape index (κ2) is 3.92. The molecule has 0 amide bonds. The monoisotopic (exact) mass is 233 g/mol. The lowest BCUT2D eigenvalue weighted by atomic mass is 10.2. The molecular weight excluding hydrogens is 218 g/mol. The average Bonchev–Trinajstić information content (AvgIpc) is 2.93. The Morgan fingerprint density at radius 1 is 1.47 bits per heavy atom. The molecule has 5 nitrogen and oxygen atoms in total. The maximum absolute atomic E-state index is 12.0. The number of ether oxygens (including phenoxy) is 1. The molecule has 3 rings (SSSR count). The standard InChI is InChI=1S/C12H15N3O2/c1-17-8-4-5-9-10(7-8)15(12(16)14-9)11-3-2-6-13-11/h4-5,7,11,13H,2-3,6H2,1H3,(H,14,16). The Hall–Kier alpha value is -1.75. The van der Waals surface area contributed by atoms with Crippen molar-refractivity contribution >= 4 is 11.0 Å². The van der Waals surface area contributed by atoms with Crippen molar-refractivity contribution in [2.45, 2.75) is 19.0 Å². The fourth-order valence-corrected chi connectivity index (χ4v) is 2.42. The van der Waals surface area contributed by atoms with Gasteiger partial charge in [0.15, 0.2) is 0 Å². The minimum atomic E-state index is -0.0624. The Bertz CT molecular complexity index is 593. The molecule has 0 aliphatic carbocycles. The molecule has 1 aromatic heterocycles. The quantitative estimate of drug-likeness (QED) is 0.820. The molecule has 1 atom stereocenters. The van der Waals surface area contributed by atoms with Gasteiger partial charge in [0.2, 0.25) is 0 Å². The van der Waals surface area contributed by atoms with E-state index in [1.54, 1.807) is 11.7 Å². The van der Waals surface area contributed by atoms with Crippen LogP contribution in [0.3, 0.4) is 0 Å². The molecule has 1 aliphatic rings. The van der Waals surface area contributed by atoms with Gasteiger partial charge in [0.1, 0.15) is 5.75 Å². The molecule has 1 unspecified atom stereocenters. The smallest absolute Gasteiger partial charge is 0.327 e. The van der Waals surface area contributed by atoms with Crippen molar-refractivity contribution in [3.05, 3.63) is 28.7 Å². The Balaban J connectivity index is 2.20. The average molecular weight is 233 g/mol. The third-order valence-corrected chi connectivity index (χ3v) is 3.27. The number of aromatic amines is 1. The van der Waals surface area contributed by atoms with Crippen LogP contribution in [0.15, 0.2) is 23.0 Å². The molecule has 0 spiro atoms. The summed E-state index contributed by atoms with van der Waals surface area (Å²) in [5, 5.41) is 3.33. The highest BCUT2D eigenvalue weighted by Gasteiger charge is 2.20. The second-order valence-corrected chi connectivity index (χ2v) is 4.30. The van der Waals surface area contributed by atoms with Crippen LogP contribution in [-0.4, -0.2) is 23.2 Å². The van der Waals surface area contributed by atoms with Crippen molar-refractivity contribution in [2.24, 2.45) is 0 Å². The van der Waals surface area contributed by atoms with Crippen LogP contribution >= 0.6 is 0 Å². The van der Waals surface area contributed by atoms with Crippen LogP contribution in [0.2, 0.25) is 0 Å². The molecule has 1 aliphatic heterocycles. The second-order valence-electron chi connectivity index (χ2n) is 4.30. The van der Waals surface area contributed by atoms with Gasteiger partial charge in [-0.1, -0.05) is 0 Å². The lowest BCUT2D eigenvalue weighted by Crippen LogP contribution is -2.28. The molecule has 2 aromatic rings. The number of nitrogens with one attached hydrogen (secondary N) is 2. The van der Waals surface area contributed by atoms with Gasteiger partial charge in [-0.15, -0.1) is 0 Å². The first-order valence-corrected chi connectivity index (χ1v) is 5.81. The van der Waals surface area contributed by atoms with Gasteiger partial charge in [0.05, 0.1) is 24.3 Å². The highest BCUT2D eigenvalue weighted by molar-refractivity contribution is 5.77. The lowest BCUT2D eigenvalue weighted by molar-refractivity contribution is 0.414. The first-order valence-electron chi connectivity index (χ1n) is 5.81. The van der Waals surface area contributed by atoms with Gasteiger partial charge in [0, 0.05) is 6.07 Å². The van der Waals surface area contributed by atoms with Crippen LogP contribution in [-0.2, 0) is 0 Å². The number of benzene rings is 1. The summed E-state index contributed by atoms with van der Waals surface area (Å²) in [6, 6.07) is 5.62. The number of imidazole rings is 1. The van der Waals surface area contributed by atoms with Crippen LogP contribution in [0.4, 0.5) is 0 Å². The van der Waals surface area contributed by atoms with Gasteiger partial charge in [-0.25, -0.2) is 4.79 Å². The van der Waals surface area contributed by atoms with Gasteiger partial charge < -0.3 is 9.72 Å². The van der Waals surface area contributed by atoms with Crippen molar-refractivity contribution in [3.8, 4) is 5.75 Å². The molecule has 90 valence electrons. The van der Waals surface area contributed by atoms with Crippen molar-refractivity contribution in [1.82, 2.24) is 14.9 Å². The summed E-state index contributed by atoms with van der Waals surface area (Å²) >= 11 is 0. The number of aromatic nitrogens is 2. The minimum Gasteiger partial charge on any atom is -0.497 e. The van der Waals surface area contributed by atoms with Gasteiger partial charge in [0.25, 0.3) is 0 Å². The highest BCUT2D eigenvalue weighted by Crippen LogP contribution is 2.23. The van der Waals surface area contributed by atoms with Crippen LogP contribution in [0.5, 0.6) is 5.75 Å². The summed E-state index contributed by atoms with van der Waals surface area (Å²) in [5.74, 6) is 0.767. The zero-order chi connectivity index (χ0) is 11.8. The summed E-state index contributed by atoms with van der Waals surface area (Å²) in [4.78, 5) is 14.8. The molecule has 2 heterocycles. The molecule has 1 fully saturated rings. The Kier molecular flexibility index (Phi) is 2.40. The van der Waals surface area contributed by atoms with E-state index in [9.17, 15) is 4.79 Å². The third-order valence-electron chi connectivity index (χ3n) is 3.27. The molecule has 2 N–H and O–H groups in total. The SMILES string of the molecule is COc1ccc2[nH]c(=O)n(C3CCCN3)c2c1. The zero-order valence-corrected chi connectivity index (χ0v) is 9.69. The van der Waals surface area contributed by atoms with Crippen LogP contribution in [0.1, 0.15) is 19.0 Å². The van der Waals surface area contributed by atoms with Crippen molar-refractivity contribution < 1.29 is 4.74 Å². The van der Waals surface area contributed by atoms with E-state index in [1.807, 2.05) is 18.2 Å². The predicted octanol–water partition coefficient (Wildman–Crippen LogP) is 1.22. The van der Waals surface area contributed by atoms with Crippen molar-refractivity contribution in [2.75, 3.05) is 13.7 Å². The van der Waals surface area contributed by atoms with E-state index >= 15 is 0 Å². The van der Waals surface area contributed by atoms with E-state index < -0.39 is 0 Å². The largest absolute Gasteiger partial charge is 0.497 e. The number of rotatable bonds is 2. The third kappa shape index (κ3) is 1.63. The number of fused-ring (bicyclic) bond motifs is 1. The Morgan fingerprint density at radius 3 is 3.06 bits per heavy atom. The lowest BCUT2D eigenvalue weighted by Gasteiger charge is -2.12. The van der Waals surface area contributed by atoms with E-state index in [0.717, 1.165) is 36.2 Å². The maximum atomic E-state index is 12.0. The summed E-state index contributed by atoms with van der Waals surface area (Å²) in [6.07, 6.45) is 2.20. The molecule has 0 radical (unpaired) electrons. The van der Waals surface area contributed by atoms with Crippen molar-refractivity contribution in [1.29, 1.82) is 0 Å². The number of H-pyrrole nitrogens is 1. The number of methoxy groups -OCH3 is 1. The maximum Gasteiger partial charge on any atom is 0.327 e. The van der Waals surface area contributed by atoms with Crippen LogP contribution in [0, 0.1) is 0 Å². The van der Waals surface area contributed by atoms with Gasteiger partial charge in [-0.2, -0.15) is 0 Å². The van der Waals surface area contributed by atoms with Crippen LogP contribution < -0.4 is 15.7 Å². The summed E-state index contributed by atoms with van der Waals surface area (Å²) in [5.41, 5.74) is 1.69. The molecule has 17 heavy (non-hydrogen) atoms. The minimum absolute atomic E-state index is 0.0624. The number of hydrogen-bond acceptors (Lipinski definition) is 3. The summed E-state index contributed by atoms with van der Waals surface area (Å²) < 4.78 is 6.98. The van der Waals surface area contributed by atoms with Gasteiger partial charge >= 0.3 is 5.69 Å². The molecule has 5 heteroatoms.